The van der Waals surface area contributed by atoms with Gasteiger partial charge in [0.2, 0.25) is 0 Å². The summed E-state index contributed by atoms with van der Waals surface area (Å²) in [4.78, 5) is 26.0. The number of piperazine rings is 1. The number of aromatic nitrogens is 3. The highest BCUT2D eigenvalue weighted by atomic mass is 16.2. The highest BCUT2D eigenvalue weighted by molar-refractivity contribution is 5.95. The second-order valence-corrected chi connectivity index (χ2v) is 6.49. The van der Waals surface area contributed by atoms with Crippen LogP contribution < -0.4 is 0 Å². The Morgan fingerprint density at radius 3 is 2.68 bits per heavy atom. The summed E-state index contributed by atoms with van der Waals surface area (Å²) in [6, 6.07) is 11.6. The Labute approximate surface area is 146 Å². The van der Waals surface area contributed by atoms with Gasteiger partial charge in [0.25, 0.3) is 5.91 Å². The van der Waals surface area contributed by atoms with E-state index in [1.54, 1.807) is 6.20 Å². The van der Waals surface area contributed by atoms with Crippen molar-refractivity contribution in [2.75, 3.05) is 33.2 Å². The summed E-state index contributed by atoms with van der Waals surface area (Å²) >= 11 is 0. The molecular weight excluding hydrogens is 314 g/mol. The summed E-state index contributed by atoms with van der Waals surface area (Å²) in [5, 5.41) is 0. The maximum atomic E-state index is 12.8. The van der Waals surface area contributed by atoms with E-state index in [0.717, 1.165) is 48.9 Å². The van der Waals surface area contributed by atoms with Gasteiger partial charge in [-0.15, -0.1) is 0 Å². The van der Waals surface area contributed by atoms with Crippen LogP contribution >= 0.6 is 0 Å². The number of carbonyl (C=O) groups is 1. The van der Waals surface area contributed by atoms with Gasteiger partial charge in [-0.05, 0) is 44.3 Å². The number of imidazole rings is 1. The van der Waals surface area contributed by atoms with Gasteiger partial charge in [-0.1, -0.05) is 6.07 Å². The van der Waals surface area contributed by atoms with Crippen molar-refractivity contribution in [3.63, 3.8) is 0 Å². The zero-order valence-corrected chi connectivity index (χ0v) is 14.5. The van der Waals surface area contributed by atoms with Gasteiger partial charge in [-0.3, -0.25) is 9.36 Å². The number of amides is 1. The number of benzene rings is 1. The van der Waals surface area contributed by atoms with E-state index < -0.39 is 0 Å². The highest BCUT2D eigenvalue weighted by Gasteiger charge is 2.21. The van der Waals surface area contributed by atoms with Crippen LogP contribution in [0, 0.1) is 6.92 Å². The van der Waals surface area contributed by atoms with Crippen molar-refractivity contribution in [1.29, 1.82) is 0 Å². The molecule has 0 saturated carbocycles. The zero-order chi connectivity index (χ0) is 17.4. The molecule has 1 aromatic carbocycles. The van der Waals surface area contributed by atoms with Crippen LogP contribution in [0.2, 0.25) is 0 Å². The van der Waals surface area contributed by atoms with Gasteiger partial charge >= 0.3 is 0 Å². The molecular formula is C19H21N5O. The van der Waals surface area contributed by atoms with Crippen LogP contribution in [0.1, 0.15) is 16.2 Å². The van der Waals surface area contributed by atoms with Gasteiger partial charge in [0, 0.05) is 43.6 Å². The van der Waals surface area contributed by atoms with Crippen LogP contribution in [0.15, 0.2) is 42.6 Å². The van der Waals surface area contributed by atoms with Gasteiger partial charge in [-0.2, -0.15) is 0 Å². The summed E-state index contributed by atoms with van der Waals surface area (Å²) in [7, 11) is 2.09. The molecule has 1 aliphatic rings. The molecule has 0 spiro atoms. The van der Waals surface area contributed by atoms with E-state index in [0.29, 0.717) is 5.56 Å². The third-order valence-electron chi connectivity index (χ3n) is 4.73. The van der Waals surface area contributed by atoms with Crippen LogP contribution in [0.4, 0.5) is 0 Å². The quantitative estimate of drug-likeness (QED) is 0.720. The summed E-state index contributed by atoms with van der Waals surface area (Å²) in [5.41, 5.74) is 3.29. The van der Waals surface area contributed by atoms with E-state index in [1.807, 2.05) is 52.8 Å². The van der Waals surface area contributed by atoms with Gasteiger partial charge in [0.05, 0.1) is 0 Å². The Kier molecular flexibility index (Phi) is 3.97. The van der Waals surface area contributed by atoms with Crippen LogP contribution in [0.25, 0.3) is 16.9 Å². The van der Waals surface area contributed by atoms with Crippen molar-refractivity contribution < 1.29 is 4.79 Å². The summed E-state index contributed by atoms with van der Waals surface area (Å²) in [5.74, 6) is 0.947. The minimum Gasteiger partial charge on any atom is -0.336 e. The normalized spacial score (nSPS) is 15.7. The summed E-state index contributed by atoms with van der Waals surface area (Å²) < 4.78 is 2.00. The Morgan fingerprint density at radius 1 is 1.08 bits per heavy atom. The van der Waals surface area contributed by atoms with Crippen LogP contribution in [0.5, 0.6) is 0 Å². The zero-order valence-electron chi connectivity index (χ0n) is 14.5. The molecule has 1 aliphatic heterocycles. The number of likely N-dealkylation sites (N-methyl/N-ethyl adjacent to an activating group) is 1. The van der Waals surface area contributed by atoms with Crippen molar-refractivity contribution in [3.05, 3.63) is 54.0 Å². The molecule has 0 radical (unpaired) electrons. The number of nitrogens with zero attached hydrogens (tertiary/aromatic N) is 5. The minimum absolute atomic E-state index is 0.0879. The first-order chi connectivity index (χ1) is 12.1. The molecule has 0 aliphatic carbocycles. The first-order valence-corrected chi connectivity index (χ1v) is 8.52. The smallest absolute Gasteiger partial charge is 0.254 e. The number of carbonyl (C=O) groups excluding carboxylic acids is 1. The number of rotatable bonds is 2. The fraction of sp³-hybridized carbons (Fsp3) is 0.316. The van der Waals surface area contributed by atoms with E-state index in [-0.39, 0.29) is 5.91 Å². The molecule has 128 valence electrons. The maximum Gasteiger partial charge on any atom is 0.254 e. The molecule has 25 heavy (non-hydrogen) atoms. The Bertz CT molecular complexity index is 924. The number of hydrogen-bond donors (Lipinski definition) is 0. The standard InChI is InChI=1S/C19H21N5O/c1-14-21-17-7-4-8-20-18(17)24(14)16-6-3-5-15(13-16)19(25)23-11-9-22(2)10-12-23/h3-8,13H,9-12H2,1-2H3. The van der Waals surface area contributed by atoms with Gasteiger partial charge in [0.15, 0.2) is 5.65 Å². The molecule has 0 bridgehead atoms. The number of aryl methyl sites for hydroxylation is 1. The summed E-state index contributed by atoms with van der Waals surface area (Å²) in [6.07, 6.45) is 1.76. The average molecular weight is 335 g/mol. The Balaban J connectivity index is 1.70. The molecule has 2 aromatic heterocycles. The molecule has 6 nitrogen and oxygen atoms in total. The molecule has 0 unspecified atom stereocenters. The average Bonchev–Trinajstić information content (AvgIpc) is 2.97. The first kappa shape index (κ1) is 15.8. The predicted molar refractivity (Wildman–Crippen MR) is 97.0 cm³/mol. The van der Waals surface area contributed by atoms with Crippen LogP contribution in [-0.2, 0) is 0 Å². The molecule has 1 amide bonds. The lowest BCUT2D eigenvalue weighted by molar-refractivity contribution is 0.0664. The van der Waals surface area contributed by atoms with Crippen LogP contribution in [-0.4, -0.2) is 63.5 Å². The van der Waals surface area contributed by atoms with E-state index in [4.69, 9.17) is 0 Å². The second kappa shape index (κ2) is 6.29. The first-order valence-electron chi connectivity index (χ1n) is 8.52. The van der Waals surface area contributed by atoms with Crippen molar-refractivity contribution in [2.24, 2.45) is 0 Å². The number of fused-ring (bicyclic) bond motifs is 1. The van der Waals surface area contributed by atoms with Crippen molar-refractivity contribution in [1.82, 2.24) is 24.3 Å². The molecule has 3 heterocycles. The van der Waals surface area contributed by atoms with E-state index in [1.165, 1.54) is 0 Å². The van der Waals surface area contributed by atoms with E-state index >= 15 is 0 Å². The molecule has 4 rings (SSSR count). The van der Waals surface area contributed by atoms with Crippen LogP contribution in [0.3, 0.4) is 0 Å². The number of pyridine rings is 1. The van der Waals surface area contributed by atoms with Gasteiger partial charge in [-0.25, -0.2) is 9.97 Å². The third-order valence-corrected chi connectivity index (χ3v) is 4.73. The lowest BCUT2D eigenvalue weighted by Gasteiger charge is -2.32. The SMILES string of the molecule is Cc1nc2cccnc2n1-c1cccc(C(=O)N2CCN(C)CC2)c1. The lowest BCUT2D eigenvalue weighted by atomic mass is 10.1. The monoisotopic (exact) mass is 335 g/mol. The molecule has 0 N–H and O–H groups in total. The second-order valence-electron chi connectivity index (χ2n) is 6.49. The highest BCUT2D eigenvalue weighted by Crippen LogP contribution is 2.21. The molecule has 3 aromatic rings. The molecule has 0 atom stereocenters. The fourth-order valence-electron chi connectivity index (χ4n) is 3.30. The predicted octanol–water partition coefficient (Wildman–Crippen LogP) is 2.12. The molecule has 1 fully saturated rings. The Morgan fingerprint density at radius 2 is 1.88 bits per heavy atom. The van der Waals surface area contributed by atoms with E-state index in [9.17, 15) is 4.79 Å². The molecule has 6 heteroatoms. The van der Waals surface area contributed by atoms with E-state index in [2.05, 4.69) is 21.9 Å². The topological polar surface area (TPSA) is 54.3 Å². The molecule has 1 saturated heterocycles. The minimum atomic E-state index is 0.0879. The fourth-order valence-corrected chi connectivity index (χ4v) is 3.30. The summed E-state index contributed by atoms with van der Waals surface area (Å²) in [6.45, 7) is 5.33. The van der Waals surface area contributed by atoms with Gasteiger partial charge < -0.3 is 9.80 Å². The largest absolute Gasteiger partial charge is 0.336 e. The van der Waals surface area contributed by atoms with Crippen molar-refractivity contribution in [2.45, 2.75) is 6.92 Å². The number of hydrogen-bond acceptors (Lipinski definition) is 4. The lowest BCUT2D eigenvalue weighted by Crippen LogP contribution is -2.47. The van der Waals surface area contributed by atoms with Gasteiger partial charge in [0.1, 0.15) is 11.3 Å². The maximum absolute atomic E-state index is 12.8. The van der Waals surface area contributed by atoms with Crippen molar-refractivity contribution >= 4 is 17.1 Å². The van der Waals surface area contributed by atoms with Crippen molar-refractivity contribution in [3.8, 4) is 5.69 Å². The Hall–Kier alpha value is -2.73. The third kappa shape index (κ3) is 2.89.